The zero-order valence-corrected chi connectivity index (χ0v) is 11.5. The second-order valence-corrected chi connectivity index (χ2v) is 4.80. The van der Waals surface area contributed by atoms with Crippen molar-refractivity contribution in [2.75, 3.05) is 5.33 Å². The Hall–Kier alpha value is -1.04. The number of amides is 1. The van der Waals surface area contributed by atoms with Gasteiger partial charge in [-0.15, -0.1) is 0 Å². The van der Waals surface area contributed by atoms with Gasteiger partial charge in [0.15, 0.2) is 17.5 Å². The summed E-state index contributed by atoms with van der Waals surface area (Å²) in [4.78, 5) is 11.7. The molecule has 1 aromatic carbocycles. The Morgan fingerprint density at radius 3 is 2.22 bits per heavy atom. The van der Waals surface area contributed by atoms with Gasteiger partial charge in [-0.2, -0.15) is 0 Å². The molecule has 100 valence electrons. The molecule has 0 spiro atoms. The van der Waals surface area contributed by atoms with Crippen LogP contribution in [0, 0.1) is 23.4 Å². The highest BCUT2D eigenvalue weighted by molar-refractivity contribution is 9.09. The van der Waals surface area contributed by atoms with Crippen molar-refractivity contribution < 1.29 is 18.0 Å². The van der Waals surface area contributed by atoms with Gasteiger partial charge in [0.2, 0.25) is 0 Å². The average molecular weight is 324 g/mol. The van der Waals surface area contributed by atoms with Crippen LogP contribution in [0.1, 0.15) is 24.2 Å². The maximum Gasteiger partial charge on any atom is 0.251 e. The normalized spacial score (nSPS) is 14.1. The van der Waals surface area contributed by atoms with E-state index in [1.165, 1.54) is 0 Å². The minimum absolute atomic E-state index is 0.157. The van der Waals surface area contributed by atoms with Crippen LogP contribution in [0.15, 0.2) is 12.1 Å². The van der Waals surface area contributed by atoms with Crippen molar-refractivity contribution in [2.45, 2.75) is 19.9 Å². The fourth-order valence-corrected chi connectivity index (χ4v) is 1.81. The number of halogens is 4. The van der Waals surface area contributed by atoms with Crippen molar-refractivity contribution in [3.63, 3.8) is 0 Å². The quantitative estimate of drug-likeness (QED) is 0.668. The molecule has 0 aliphatic carbocycles. The first-order valence-electron chi connectivity index (χ1n) is 5.38. The molecule has 2 nitrogen and oxygen atoms in total. The van der Waals surface area contributed by atoms with Crippen molar-refractivity contribution in [3.8, 4) is 0 Å². The largest absolute Gasteiger partial charge is 0.349 e. The van der Waals surface area contributed by atoms with E-state index in [9.17, 15) is 18.0 Å². The number of hydrogen-bond donors (Lipinski definition) is 1. The van der Waals surface area contributed by atoms with Crippen molar-refractivity contribution in [1.29, 1.82) is 0 Å². The van der Waals surface area contributed by atoms with Gasteiger partial charge in [-0.05, 0) is 25.0 Å². The van der Waals surface area contributed by atoms with E-state index in [-0.39, 0.29) is 17.5 Å². The lowest BCUT2D eigenvalue weighted by atomic mass is 10.1. The van der Waals surface area contributed by atoms with Gasteiger partial charge in [0.05, 0.1) is 0 Å². The van der Waals surface area contributed by atoms with Gasteiger partial charge in [0, 0.05) is 16.9 Å². The van der Waals surface area contributed by atoms with Crippen LogP contribution in [-0.4, -0.2) is 17.3 Å². The first kappa shape index (κ1) is 15.0. The molecule has 0 saturated carbocycles. The molecule has 1 amide bonds. The van der Waals surface area contributed by atoms with Gasteiger partial charge in [0.25, 0.3) is 5.91 Å². The summed E-state index contributed by atoms with van der Waals surface area (Å²) >= 11 is 3.27. The third-order valence-corrected chi connectivity index (χ3v) is 3.72. The molecule has 0 bridgehead atoms. The maximum atomic E-state index is 13.0. The highest BCUT2D eigenvalue weighted by Gasteiger charge is 2.18. The Morgan fingerprint density at radius 1 is 1.28 bits per heavy atom. The first-order chi connectivity index (χ1) is 8.36. The number of rotatable bonds is 4. The maximum absolute atomic E-state index is 13.0. The molecular formula is C12H13BrF3NO. The fraction of sp³-hybridized carbons (Fsp3) is 0.417. The highest BCUT2D eigenvalue weighted by Crippen LogP contribution is 2.14. The van der Waals surface area contributed by atoms with Crippen LogP contribution < -0.4 is 5.32 Å². The summed E-state index contributed by atoms with van der Waals surface area (Å²) in [6.45, 7) is 3.69. The molecule has 0 aliphatic rings. The van der Waals surface area contributed by atoms with Gasteiger partial charge < -0.3 is 5.32 Å². The summed E-state index contributed by atoms with van der Waals surface area (Å²) in [5.41, 5.74) is -0.236. The Kier molecular flexibility index (Phi) is 5.19. The molecule has 0 fully saturated rings. The monoisotopic (exact) mass is 323 g/mol. The van der Waals surface area contributed by atoms with E-state index in [0.29, 0.717) is 17.5 Å². The lowest BCUT2D eigenvalue weighted by Crippen LogP contribution is -2.37. The SMILES string of the molecule is CC(CBr)C(C)NC(=O)c1cc(F)c(F)c(F)c1. The summed E-state index contributed by atoms with van der Waals surface area (Å²) in [5, 5.41) is 3.28. The number of carbonyl (C=O) groups excluding carboxylic acids is 1. The number of alkyl halides is 1. The van der Waals surface area contributed by atoms with E-state index >= 15 is 0 Å². The van der Waals surface area contributed by atoms with Crippen LogP contribution >= 0.6 is 15.9 Å². The van der Waals surface area contributed by atoms with E-state index < -0.39 is 23.4 Å². The second kappa shape index (κ2) is 6.22. The molecule has 18 heavy (non-hydrogen) atoms. The highest BCUT2D eigenvalue weighted by atomic mass is 79.9. The summed E-state index contributed by atoms with van der Waals surface area (Å²) in [6.07, 6.45) is 0. The topological polar surface area (TPSA) is 29.1 Å². The standard InChI is InChI=1S/C12H13BrF3NO/c1-6(5-13)7(2)17-12(18)8-3-9(14)11(16)10(15)4-8/h3-4,6-7H,5H2,1-2H3,(H,17,18). The third-order valence-electron chi connectivity index (χ3n) is 2.70. The summed E-state index contributed by atoms with van der Waals surface area (Å²) in [6, 6.07) is 1.19. The Labute approximate surface area is 112 Å². The van der Waals surface area contributed by atoms with Gasteiger partial charge in [-0.1, -0.05) is 22.9 Å². The molecule has 0 saturated heterocycles. The van der Waals surface area contributed by atoms with Gasteiger partial charge in [-0.3, -0.25) is 4.79 Å². The first-order valence-corrected chi connectivity index (χ1v) is 6.50. The predicted octanol–water partition coefficient (Wildman–Crippen LogP) is 3.25. The molecule has 0 heterocycles. The summed E-state index contributed by atoms with van der Waals surface area (Å²) in [7, 11) is 0. The molecule has 1 N–H and O–H groups in total. The summed E-state index contributed by atoms with van der Waals surface area (Å²) in [5.74, 6) is -4.80. The predicted molar refractivity (Wildman–Crippen MR) is 66.2 cm³/mol. The second-order valence-electron chi connectivity index (χ2n) is 4.15. The Morgan fingerprint density at radius 2 is 1.78 bits per heavy atom. The number of nitrogens with one attached hydrogen (secondary N) is 1. The zero-order valence-electron chi connectivity index (χ0n) is 9.94. The molecule has 0 radical (unpaired) electrons. The van der Waals surface area contributed by atoms with Crippen LogP contribution in [0.25, 0.3) is 0 Å². The van der Waals surface area contributed by atoms with Gasteiger partial charge >= 0.3 is 0 Å². The van der Waals surface area contributed by atoms with Crippen LogP contribution in [0.4, 0.5) is 13.2 Å². The van der Waals surface area contributed by atoms with Crippen molar-refractivity contribution in [3.05, 3.63) is 35.1 Å². The molecule has 2 atom stereocenters. The number of carbonyl (C=O) groups is 1. The molecule has 0 aliphatic heterocycles. The van der Waals surface area contributed by atoms with Crippen LogP contribution in [0.2, 0.25) is 0 Å². The van der Waals surface area contributed by atoms with E-state index in [1.54, 1.807) is 6.92 Å². The summed E-state index contributed by atoms with van der Waals surface area (Å²) < 4.78 is 38.7. The van der Waals surface area contributed by atoms with E-state index in [4.69, 9.17) is 0 Å². The lowest BCUT2D eigenvalue weighted by Gasteiger charge is -2.19. The van der Waals surface area contributed by atoms with E-state index in [0.717, 1.165) is 0 Å². The number of benzene rings is 1. The van der Waals surface area contributed by atoms with Gasteiger partial charge in [-0.25, -0.2) is 13.2 Å². The van der Waals surface area contributed by atoms with E-state index in [2.05, 4.69) is 21.2 Å². The third kappa shape index (κ3) is 3.48. The van der Waals surface area contributed by atoms with Gasteiger partial charge in [0.1, 0.15) is 0 Å². The smallest absolute Gasteiger partial charge is 0.251 e. The fourth-order valence-electron chi connectivity index (χ4n) is 1.25. The Bertz CT molecular complexity index is 430. The molecule has 0 aromatic heterocycles. The minimum Gasteiger partial charge on any atom is -0.349 e. The Balaban J connectivity index is 2.85. The van der Waals surface area contributed by atoms with Crippen molar-refractivity contribution in [2.24, 2.45) is 5.92 Å². The van der Waals surface area contributed by atoms with E-state index in [1.807, 2.05) is 6.92 Å². The molecular weight excluding hydrogens is 311 g/mol. The lowest BCUT2D eigenvalue weighted by molar-refractivity contribution is 0.0930. The molecule has 2 unspecified atom stereocenters. The van der Waals surface area contributed by atoms with Crippen LogP contribution in [0.3, 0.4) is 0 Å². The molecule has 1 rings (SSSR count). The average Bonchev–Trinajstić information content (AvgIpc) is 2.33. The minimum atomic E-state index is -1.58. The molecule has 6 heteroatoms. The number of hydrogen-bond acceptors (Lipinski definition) is 1. The zero-order chi connectivity index (χ0) is 13.9. The van der Waals surface area contributed by atoms with Crippen LogP contribution in [0.5, 0.6) is 0 Å². The van der Waals surface area contributed by atoms with Crippen LogP contribution in [-0.2, 0) is 0 Å². The van der Waals surface area contributed by atoms with Crippen molar-refractivity contribution >= 4 is 21.8 Å². The van der Waals surface area contributed by atoms with Crippen molar-refractivity contribution in [1.82, 2.24) is 5.32 Å². The molecule has 1 aromatic rings.